The van der Waals surface area contributed by atoms with E-state index in [1.54, 1.807) is 12.3 Å². The fourth-order valence-electron chi connectivity index (χ4n) is 5.83. The number of pyridine rings is 2. The Morgan fingerprint density at radius 2 is 1.54 bits per heavy atom. The van der Waals surface area contributed by atoms with Crippen molar-refractivity contribution in [1.29, 1.82) is 0 Å². The maximum Gasteiger partial charge on any atom is 0.217 e. The number of aromatic nitrogens is 3. The van der Waals surface area contributed by atoms with Gasteiger partial charge in [0.15, 0.2) is 0 Å². The van der Waals surface area contributed by atoms with Crippen molar-refractivity contribution < 1.29 is 30.9 Å². The average Bonchev–Trinajstić information content (AvgIpc) is 3.28. The summed E-state index contributed by atoms with van der Waals surface area (Å²) >= 11 is 0. The molecule has 0 spiro atoms. The normalized spacial score (nSPS) is 11.2. The van der Waals surface area contributed by atoms with Gasteiger partial charge in [0.2, 0.25) is 5.88 Å². The van der Waals surface area contributed by atoms with Gasteiger partial charge in [-0.15, -0.1) is 17.5 Å². The molecule has 0 amide bonds. The molecule has 0 aliphatic heterocycles. The number of para-hydroxylation sites is 1. The smallest absolute Gasteiger partial charge is 0.217 e. The number of nitrogens with zero attached hydrogens (tertiary/aromatic N) is 3. The first-order chi connectivity index (χ1) is 19.5. The molecular weight excluding hydrogens is 689 g/mol. The number of aryl methyl sites for hydroxylation is 3. The molecule has 1 N–H and O–H groups in total. The number of phenolic OH excluding ortho intramolecular Hbond substituents is 1. The molecule has 0 atom stereocenters. The van der Waals surface area contributed by atoms with Crippen LogP contribution in [0.4, 0.5) is 0 Å². The van der Waals surface area contributed by atoms with Crippen molar-refractivity contribution >= 4 is 32.7 Å². The summed E-state index contributed by atoms with van der Waals surface area (Å²) in [6, 6.07) is 33.4. The molecule has 204 valence electrons. The van der Waals surface area contributed by atoms with E-state index < -0.39 is 0 Å². The Bertz CT molecular complexity index is 2060. The van der Waals surface area contributed by atoms with Crippen LogP contribution in [-0.2, 0) is 21.1 Å². The molecule has 0 saturated heterocycles. The Morgan fingerprint density at radius 1 is 0.780 bits per heavy atom. The number of benzene rings is 4. The Kier molecular flexibility index (Phi) is 6.84. The van der Waals surface area contributed by atoms with Gasteiger partial charge in [0.1, 0.15) is 17.1 Å². The summed E-state index contributed by atoms with van der Waals surface area (Å²) in [4.78, 5) is 9.32. The SMILES string of the molecule is Cc1cc(C)c(-c2ccc(O)c3nc(Oc4[c-]c5c(cc4)c4ccccc4n5-c4ccccn4)ccc23)c(C)c1.[Pt]. The van der Waals surface area contributed by atoms with Crippen LogP contribution in [0.2, 0.25) is 0 Å². The molecular formula is C35H26N3O2Pt-. The molecule has 0 unspecified atom stereocenters. The molecule has 7 aromatic rings. The van der Waals surface area contributed by atoms with Gasteiger partial charge >= 0.3 is 0 Å². The minimum Gasteiger partial charge on any atom is -0.506 e. The van der Waals surface area contributed by atoms with Gasteiger partial charge in [0, 0.05) is 50.0 Å². The molecule has 41 heavy (non-hydrogen) atoms. The Hall–Kier alpha value is -4.47. The van der Waals surface area contributed by atoms with Crippen LogP contribution >= 0.6 is 0 Å². The minimum atomic E-state index is 0. The number of fused-ring (bicyclic) bond motifs is 4. The predicted octanol–water partition coefficient (Wildman–Crippen LogP) is 8.61. The predicted molar refractivity (Wildman–Crippen MR) is 161 cm³/mol. The molecule has 0 aliphatic rings. The van der Waals surface area contributed by atoms with E-state index in [-0.39, 0.29) is 26.8 Å². The van der Waals surface area contributed by atoms with Crippen LogP contribution in [0.1, 0.15) is 16.7 Å². The van der Waals surface area contributed by atoms with Gasteiger partial charge in [-0.05, 0) is 84.8 Å². The van der Waals surface area contributed by atoms with E-state index in [2.05, 4.69) is 60.7 Å². The number of aromatic hydroxyl groups is 1. The molecule has 0 bridgehead atoms. The van der Waals surface area contributed by atoms with E-state index in [1.807, 2.05) is 60.7 Å². The first kappa shape index (κ1) is 26.7. The molecule has 4 aromatic carbocycles. The van der Waals surface area contributed by atoms with Gasteiger partial charge < -0.3 is 14.4 Å². The number of hydrogen-bond acceptors (Lipinski definition) is 4. The van der Waals surface area contributed by atoms with E-state index >= 15 is 0 Å². The van der Waals surface area contributed by atoms with Crippen LogP contribution in [0.15, 0.2) is 97.2 Å². The van der Waals surface area contributed by atoms with Crippen molar-refractivity contribution in [3.05, 3.63) is 120 Å². The molecule has 0 radical (unpaired) electrons. The van der Waals surface area contributed by atoms with Crippen molar-refractivity contribution in [1.82, 2.24) is 14.5 Å². The summed E-state index contributed by atoms with van der Waals surface area (Å²) in [5.41, 5.74) is 8.22. The van der Waals surface area contributed by atoms with Crippen molar-refractivity contribution in [2.75, 3.05) is 0 Å². The van der Waals surface area contributed by atoms with Crippen LogP contribution in [0.25, 0.3) is 49.7 Å². The zero-order valence-electron chi connectivity index (χ0n) is 22.8. The van der Waals surface area contributed by atoms with Gasteiger partial charge in [-0.3, -0.25) is 0 Å². The van der Waals surface area contributed by atoms with Crippen LogP contribution in [0.3, 0.4) is 0 Å². The van der Waals surface area contributed by atoms with Crippen molar-refractivity contribution in [3.63, 3.8) is 0 Å². The maximum atomic E-state index is 10.8. The van der Waals surface area contributed by atoms with Gasteiger partial charge in [-0.2, -0.15) is 6.07 Å². The summed E-state index contributed by atoms with van der Waals surface area (Å²) < 4.78 is 8.33. The molecule has 0 aliphatic carbocycles. The standard InChI is InChI=1S/C35H26N3O2.Pt/c1-21-18-22(2)34(23(3)19-21)27-13-15-31(39)35-28(27)14-16-33(37-35)40-24-11-12-26-25-8-4-5-9-29(25)38(30(26)20-24)32-10-6-7-17-36-32;/h4-19,39H,1-3H3;/q-1;. The average molecular weight is 716 g/mol. The van der Waals surface area contributed by atoms with Crippen molar-refractivity contribution in [3.8, 4) is 34.3 Å². The van der Waals surface area contributed by atoms with Gasteiger partial charge in [0.25, 0.3) is 0 Å². The van der Waals surface area contributed by atoms with Crippen molar-refractivity contribution in [2.45, 2.75) is 20.8 Å². The monoisotopic (exact) mass is 715 g/mol. The van der Waals surface area contributed by atoms with Gasteiger partial charge in [0.05, 0.1) is 0 Å². The van der Waals surface area contributed by atoms with Gasteiger partial charge in [-0.25, -0.2) is 9.97 Å². The zero-order valence-corrected chi connectivity index (χ0v) is 25.0. The first-order valence-electron chi connectivity index (χ1n) is 13.2. The summed E-state index contributed by atoms with van der Waals surface area (Å²) in [6.45, 7) is 6.35. The second-order valence-electron chi connectivity index (χ2n) is 10.2. The molecule has 6 heteroatoms. The number of ether oxygens (including phenoxy) is 1. The van der Waals surface area contributed by atoms with E-state index in [4.69, 9.17) is 9.72 Å². The second-order valence-corrected chi connectivity index (χ2v) is 10.2. The third-order valence-corrected chi connectivity index (χ3v) is 7.41. The largest absolute Gasteiger partial charge is 0.506 e. The van der Waals surface area contributed by atoms with Crippen LogP contribution < -0.4 is 4.74 Å². The molecule has 5 nitrogen and oxygen atoms in total. The van der Waals surface area contributed by atoms with E-state index in [0.717, 1.165) is 44.1 Å². The molecule has 3 aromatic heterocycles. The fourth-order valence-corrected chi connectivity index (χ4v) is 5.83. The third-order valence-electron chi connectivity index (χ3n) is 7.41. The van der Waals surface area contributed by atoms with Gasteiger partial charge in [-0.1, -0.05) is 47.5 Å². The number of rotatable bonds is 4. The Morgan fingerprint density at radius 3 is 2.32 bits per heavy atom. The molecule has 7 rings (SSSR count). The van der Waals surface area contributed by atoms with E-state index in [9.17, 15) is 5.11 Å². The minimum absolute atomic E-state index is 0. The molecule has 0 fully saturated rings. The number of hydrogen-bond donors (Lipinski definition) is 1. The number of phenols is 1. The summed E-state index contributed by atoms with van der Waals surface area (Å²) in [7, 11) is 0. The van der Waals surface area contributed by atoms with E-state index in [1.165, 1.54) is 16.7 Å². The van der Waals surface area contributed by atoms with Crippen LogP contribution in [0.5, 0.6) is 17.4 Å². The third kappa shape index (κ3) is 4.57. The quantitative estimate of drug-likeness (QED) is 0.186. The Balaban J connectivity index is 0.00000302. The summed E-state index contributed by atoms with van der Waals surface area (Å²) in [5.74, 6) is 1.83. The zero-order chi connectivity index (χ0) is 27.4. The van der Waals surface area contributed by atoms with E-state index in [0.29, 0.717) is 17.1 Å². The van der Waals surface area contributed by atoms with Crippen molar-refractivity contribution in [2.24, 2.45) is 0 Å². The fraction of sp³-hybridized carbons (Fsp3) is 0.0857. The Labute approximate surface area is 252 Å². The summed E-state index contributed by atoms with van der Waals surface area (Å²) in [5, 5.41) is 13.8. The molecule has 0 saturated carbocycles. The summed E-state index contributed by atoms with van der Waals surface area (Å²) in [6.07, 6.45) is 1.79. The van der Waals surface area contributed by atoms with Crippen LogP contribution in [0, 0.1) is 26.8 Å². The second kappa shape index (κ2) is 10.5. The topological polar surface area (TPSA) is 60.2 Å². The maximum absolute atomic E-state index is 10.8. The van der Waals surface area contributed by atoms with Crippen LogP contribution in [-0.4, -0.2) is 19.6 Å². The molecule has 3 heterocycles. The first-order valence-corrected chi connectivity index (χ1v) is 13.2.